The summed E-state index contributed by atoms with van der Waals surface area (Å²) in [6.07, 6.45) is -2.32. The SMILES string of the molecule is NCC(=O)N[C@@H](Cc1ccc(O)cc1)C(=O)N1CCC[C@H]1C(=O)N[C@@H](Cc1c[nH]c2ccccc12)C(=O)N[C@H](Cc1ccccc1)C(=O)O.O=C(O)C(F)(F)F. The number of nitrogens with zero attached hydrogens (tertiary/aromatic N) is 1. The van der Waals surface area contributed by atoms with Gasteiger partial charge in [0.2, 0.25) is 23.6 Å². The number of para-hydroxylation sites is 1. The highest BCUT2D eigenvalue weighted by atomic mass is 19.4. The highest BCUT2D eigenvalue weighted by Crippen LogP contribution is 2.23. The summed E-state index contributed by atoms with van der Waals surface area (Å²) < 4.78 is 31.7. The van der Waals surface area contributed by atoms with Crippen LogP contribution in [0.5, 0.6) is 5.75 Å². The number of benzene rings is 3. The maximum absolute atomic E-state index is 13.9. The number of carboxylic acid groups (broad SMARTS) is 2. The number of hydrogen-bond donors (Lipinski definition) is 8. The van der Waals surface area contributed by atoms with Crippen LogP contribution in [-0.4, -0.2) is 104 Å². The van der Waals surface area contributed by atoms with Crippen LogP contribution in [0.2, 0.25) is 0 Å². The van der Waals surface area contributed by atoms with Crippen molar-refractivity contribution < 1.29 is 57.3 Å². The molecule has 5 rings (SSSR count). The van der Waals surface area contributed by atoms with E-state index in [1.165, 1.54) is 17.0 Å². The molecule has 4 aromatic rings. The second kappa shape index (κ2) is 19.2. The summed E-state index contributed by atoms with van der Waals surface area (Å²) in [7, 11) is 0. The molecule has 0 radical (unpaired) electrons. The van der Waals surface area contributed by atoms with Crippen LogP contribution >= 0.6 is 0 Å². The number of aromatic nitrogens is 1. The molecule has 4 atom stereocenters. The summed E-state index contributed by atoms with van der Waals surface area (Å²) in [6, 6.07) is 18.2. The number of aromatic amines is 1. The summed E-state index contributed by atoms with van der Waals surface area (Å²) in [5.74, 6) is -6.22. The van der Waals surface area contributed by atoms with E-state index in [9.17, 15) is 47.4 Å². The third-order valence-corrected chi connectivity index (χ3v) is 8.91. The fraction of sp³-hybridized carbons (Fsp3) is 0.316. The van der Waals surface area contributed by atoms with Gasteiger partial charge in [0, 0.05) is 42.9 Å². The monoisotopic (exact) mass is 782 g/mol. The lowest BCUT2D eigenvalue weighted by Gasteiger charge is -2.30. The molecule has 15 nitrogen and oxygen atoms in total. The molecule has 9 N–H and O–H groups in total. The number of hydrogen-bond acceptors (Lipinski definition) is 8. The molecule has 56 heavy (non-hydrogen) atoms. The lowest BCUT2D eigenvalue weighted by Crippen LogP contribution is -2.58. The Morgan fingerprint density at radius 3 is 2.04 bits per heavy atom. The number of likely N-dealkylation sites (tertiary alicyclic amines) is 1. The van der Waals surface area contributed by atoms with Gasteiger partial charge in [0.1, 0.15) is 29.9 Å². The standard InChI is InChI=1S/C36H40N6O7.C2HF3O2/c37-20-32(44)39-29(17-23-12-14-25(43)15-13-23)35(47)42-16-6-11-31(42)34(46)40-28(19-24-21-38-27-10-5-4-9-26(24)27)33(45)41-30(36(48)49)18-22-7-2-1-3-8-22;3-2(4,5)1(6)7/h1-5,7-10,12-15,21,28-31,38,43H,6,11,16-20,37H2,(H,39,44)(H,40,46)(H,41,45)(H,48,49);(H,6,7)/t28-,29-,30+,31-;/m0./s1. The van der Waals surface area contributed by atoms with Gasteiger partial charge in [-0.15, -0.1) is 0 Å². The molecule has 0 bridgehead atoms. The predicted molar refractivity (Wildman–Crippen MR) is 195 cm³/mol. The van der Waals surface area contributed by atoms with Crippen molar-refractivity contribution in [1.29, 1.82) is 0 Å². The van der Waals surface area contributed by atoms with E-state index >= 15 is 0 Å². The average molecular weight is 783 g/mol. The van der Waals surface area contributed by atoms with Crippen LogP contribution in [0.25, 0.3) is 10.9 Å². The van der Waals surface area contributed by atoms with Crippen molar-refractivity contribution in [2.75, 3.05) is 13.1 Å². The molecule has 2 heterocycles. The van der Waals surface area contributed by atoms with Crippen LogP contribution in [0.3, 0.4) is 0 Å². The molecule has 0 spiro atoms. The molecule has 1 aliphatic heterocycles. The maximum Gasteiger partial charge on any atom is 0.490 e. The number of nitrogens with two attached hydrogens (primary N) is 1. The first kappa shape index (κ1) is 42.3. The molecule has 298 valence electrons. The van der Waals surface area contributed by atoms with Gasteiger partial charge >= 0.3 is 18.1 Å². The third-order valence-electron chi connectivity index (χ3n) is 8.91. The molecule has 18 heteroatoms. The Labute approximate surface area is 318 Å². The summed E-state index contributed by atoms with van der Waals surface area (Å²) >= 11 is 0. The van der Waals surface area contributed by atoms with Crippen LogP contribution in [-0.2, 0) is 48.0 Å². The topological polar surface area (TPSA) is 244 Å². The van der Waals surface area contributed by atoms with Gasteiger partial charge in [-0.2, -0.15) is 13.2 Å². The summed E-state index contributed by atoms with van der Waals surface area (Å²) in [5.41, 5.74) is 8.49. The van der Waals surface area contributed by atoms with E-state index < -0.39 is 65.9 Å². The predicted octanol–water partition coefficient (Wildman–Crippen LogP) is 2.02. The molecule has 3 aromatic carbocycles. The summed E-state index contributed by atoms with van der Waals surface area (Å²) in [5, 5.41) is 35.7. The second-order valence-electron chi connectivity index (χ2n) is 12.9. The minimum absolute atomic E-state index is 0.0392. The molecule has 1 fully saturated rings. The molecule has 1 aliphatic rings. The van der Waals surface area contributed by atoms with E-state index in [0.717, 1.165) is 22.0 Å². The number of carboxylic acids is 2. The lowest BCUT2D eigenvalue weighted by atomic mass is 10.0. The van der Waals surface area contributed by atoms with Crippen LogP contribution in [0.15, 0.2) is 85.1 Å². The molecular weight excluding hydrogens is 741 g/mol. The van der Waals surface area contributed by atoms with Crippen molar-refractivity contribution in [1.82, 2.24) is 25.8 Å². The third kappa shape index (κ3) is 11.8. The zero-order valence-electron chi connectivity index (χ0n) is 29.8. The maximum atomic E-state index is 13.9. The number of phenolic OH excluding ortho intramolecular Hbond substituents is 1. The Kier molecular flexibility index (Phi) is 14.5. The van der Waals surface area contributed by atoms with Crippen molar-refractivity contribution in [2.45, 2.75) is 62.4 Å². The van der Waals surface area contributed by atoms with Crippen LogP contribution < -0.4 is 21.7 Å². The number of carbonyl (C=O) groups is 6. The molecule has 4 amide bonds. The Morgan fingerprint density at radius 2 is 1.41 bits per heavy atom. The van der Waals surface area contributed by atoms with Crippen LogP contribution in [0, 0.1) is 0 Å². The van der Waals surface area contributed by atoms with Crippen molar-refractivity contribution in [3.63, 3.8) is 0 Å². The van der Waals surface area contributed by atoms with E-state index in [0.29, 0.717) is 18.4 Å². The van der Waals surface area contributed by atoms with Crippen molar-refractivity contribution in [2.24, 2.45) is 5.73 Å². The fourth-order valence-corrected chi connectivity index (χ4v) is 6.14. The molecular formula is C38H41F3N6O9. The Morgan fingerprint density at radius 1 is 0.804 bits per heavy atom. The van der Waals surface area contributed by atoms with E-state index in [-0.39, 0.29) is 38.1 Å². The first-order valence-corrected chi connectivity index (χ1v) is 17.4. The van der Waals surface area contributed by atoms with Crippen molar-refractivity contribution >= 4 is 46.5 Å². The first-order chi connectivity index (χ1) is 26.6. The summed E-state index contributed by atoms with van der Waals surface area (Å²) in [4.78, 5) is 79.6. The minimum atomic E-state index is -5.08. The van der Waals surface area contributed by atoms with Gasteiger partial charge in [-0.25, -0.2) is 9.59 Å². The fourth-order valence-electron chi connectivity index (χ4n) is 6.14. The van der Waals surface area contributed by atoms with Gasteiger partial charge < -0.3 is 46.9 Å². The smallest absolute Gasteiger partial charge is 0.490 e. The van der Waals surface area contributed by atoms with Crippen molar-refractivity contribution in [3.05, 3.63) is 102 Å². The van der Waals surface area contributed by atoms with Gasteiger partial charge in [0.15, 0.2) is 0 Å². The molecule has 0 aliphatic carbocycles. The first-order valence-electron chi connectivity index (χ1n) is 17.4. The van der Waals surface area contributed by atoms with Gasteiger partial charge in [0.25, 0.3) is 0 Å². The number of amides is 4. The Bertz CT molecular complexity index is 2010. The highest BCUT2D eigenvalue weighted by molar-refractivity contribution is 5.96. The zero-order chi connectivity index (χ0) is 41.0. The summed E-state index contributed by atoms with van der Waals surface area (Å²) in [6.45, 7) is -0.0888. The van der Waals surface area contributed by atoms with E-state index in [4.69, 9.17) is 15.6 Å². The van der Waals surface area contributed by atoms with Crippen LogP contribution in [0.1, 0.15) is 29.5 Å². The van der Waals surface area contributed by atoms with E-state index in [1.807, 2.05) is 30.3 Å². The number of nitrogens with one attached hydrogen (secondary N) is 4. The zero-order valence-corrected chi connectivity index (χ0v) is 29.8. The van der Waals surface area contributed by atoms with Gasteiger partial charge in [-0.1, -0.05) is 60.7 Å². The normalized spacial score (nSPS) is 15.4. The number of carbonyl (C=O) groups excluding carboxylic acids is 4. The second-order valence-corrected chi connectivity index (χ2v) is 12.9. The number of halogens is 3. The average Bonchev–Trinajstić information content (AvgIpc) is 3.83. The number of fused-ring (bicyclic) bond motifs is 1. The molecule has 0 unspecified atom stereocenters. The number of aliphatic carboxylic acids is 2. The molecule has 0 saturated carbocycles. The number of aromatic hydroxyl groups is 1. The van der Waals surface area contributed by atoms with Crippen LogP contribution in [0.4, 0.5) is 13.2 Å². The number of H-pyrrole nitrogens is 1. The molecule has 1 saturated heterocycles. The van der Waals surface area contributed by atoms with Crippen molar-refractivity contribution in [3.8, 4) is 5.75 Å². The lowest BCUT2D eigenvalue weighted by molar-refractivity contribution is -0.192. The minimum Gasteiger partial charge on any atom is -0.508 e. The number of phenols is 1. The number of rotatable bonds is 14. The van der Waals surface area contributed by atoms with Gasteiger partial charge in [0.05, 0.1) is 6.54 Å². The largest absolute Gasteiger partial charge is 0.508 e. The quantitative estimate of drug-likeness (QED) is 0.0925. The Hall–Kier alpha value is -6.43. The van der Waals surface area contributed by atoms with Gasteiger partial charge in [-0.3, -0.25) is 19.2 Å². The number of alkyl halides is 3. The van der Waals surface area contributed by atoms with E-state index in [1.54, 1.807) is 42.6 Å². The Balaban J connectivity index is 0.000000908. The van der Waals surface area contributed by atoms with Gasteiger partial charge in [-0.05, 0) is 47.7 Å². The molecule has 1 aromatic heterocycles. The highest BCUT2D eigenvalue weighted by Gasteiger charge is 2.40. The van der Waals surface area contributed by atoms with E-state index in [2.05, 4.69) is 20.9 Å².